The van der Waals surface area contributed by atoms with Gasteiger partial charge in [0.15, 0.2) is 0 Å². The molecule has 0 unspecified atom stereocenters. The Hall–Kier alpha value is -2.38. The van der Waals surface area contributed by atoms with Crippen LogP contribution in [0.1, 0.15) is 17.0 Å². The van der Waals surface area contributed by atoms with E-state index in [-0.39, 0.29) is 10.6 Å². The fourth-order valence-electron chi connectivity index (χ4n) is 2.61. The Morgan fingerprint density at radius 3 is 3.05 bits per heavy atom. The van der Waals surface area contributed by atoms with Crippen LogP contribution in [0, 0.1) is 17.0 Å². The molecule has 8 nitrogen and oxygen atoms in total. The van der Waals surface area contributed by atoms with Gasteiger partial charge in [-0.1, -0.05) is 0 Å². The van der Waals surface area contributed by atoms with E-state index in [9.17, 15) is 10.1 Å². The number of anilines is 1. The summed E-state index contributed by atoms with van der Waals surface area (Å²) in [6.07, 6.45) is 2.58. The number of H-pyrrole nitrogens is 1. The van der Waals surface area contributed by atoms with Gasteiger partial charge >= 0.3 is 5.69 Å². The molecular formula is C11H14N6O2. The molecule has 0 bridgehead atoms. The highest BCUT2D eigenvalue weighted by molar-refractivity contribution is 5.62. The van der Waals surface area contributed by atoms with Crippen LogP contribution in [0.25, 0.3) is 0 Å². The number of nitrogens with zero attached hydrogens (tertiary/aromatic N) is 5. The highest BCUT2D eigenvalue weighted by Crippen LogP contribution is 2.33. The number of rotatable bonds is 2. The van der Waals surface area contributed by atoms with E-state index in [0.717, 1.165) is 24.2 Å². The Bertz CT molecular complexity index is 644. The molecule has 19 heavy (non-hydrogen) atoms. The van der Waals surface area contributed by atoms with Crippen molar-refractivity contribution >= 4 is 11.5 Å². The number of nitro groups is 1. The molecule has 0 atom stereocenters. The minimum absolute atomic E-state index is 0.0921. The normalized spacial score (nSPS) is 14.5. The predicted octanol–water partition coefficient (Wildman–Crippen LogP) is 0.923. The third kappa shape index (κ3) is 1.76. The zero-order valence-electron chi connectivity index (χ0n) is 10.8. The van der Waals surface area contributed by atoms with Crippen LogP contribution in [0.2, 0.25) is 0 Å². The molecule has 0 amide bonds. The molecule has 3 rings (SSSR count). The lowest BCUT2D eigenvalue weighted by Gasteiger charge is -2.27. The summed E-state index contributed by atoms with van der Waals surface area (Å²) < 4.78 is 1.58. The van der Waals surface area contributed by atoms with E-state index < -0.39 is 0 Å². The largest absolute Gasteiger partial charge is 0.346 e. The number of hydrogen-bond acceptors (Lipinski definition) is 5. The average Bonchev–Trinajstić information content (AvgIpc) is 2.91. The van der Waals surface area contributed by atoms with Gasteiger partial charge in [0.2, 0.25) is 5.82 Å². The summed E-state index contributed by atoms with van der Waals surface area (Å²) in [5, 5.41) is 22.3. The maximum absolute atomic E-state index is 11.2. The van der Waals surface area contributed by atoms with Crippen molar-refractivity contribution in [1.82, 2.24) is 20.0 Å². The summed E-state index contributed by atoms with van der Waals surface area (Å²) in [4.78, 5) is 12.8. The third-order valence-corrected chi connectivity index (χ3v) is 3.44. The van der Waals surface area contributed by atoms with Crippen molar-refractivity contribution in [2.24, 2.45) is 7.05 Å². The molecule has 0 saturated heterocycles. The van der Waals surface area contributed by atoms with Crippen LogP contribution in [0.5, 0.6) is 0 Å². The van der Waals surface area contributed by atoms with Crippen LogP contribution in [0.15, 0.2) is 6.20 Å². The molecule has 1 aliphatic heterocycles. The molecule has 1 aliphatic rings. The first-order valence-electron chi connectivity index (χ1n) is 6.02. The summed E-state index contributed by atoms with van der Waals surface area (Å²) >= 11 is 0. The van der Waals surface area contributed by atoms with E-state index in [4.69, 9.17) is 0 Å². The van der Waals surface area contributed by atoms with Gasteiger partial charge in [-0.15, -0.1) is 0 Å². The van der Waals surface area contributed by atoms with Crippen molar-refractivity contribution in [3.8, 4) is 0 Å². The second-order valence-corrected chi connectivity index (χ2v) is 4.68. The first-order chi connectivity index (χ1) is 9.08. The number of hydrogen-bond donors (Lipinski definition) is 1. The van der Waals surface area contributed by atoms with Crippen LogP contribution < -0.4 is 4.90 Å². The Balaban J connectivity index is 2.02. The number of aromatic nitrogens is 4. The maximum atomic E-state index is 11.2. The second-order valence-electron chi connectivity index (χ2n) is 4.68. The van der Waals surface area contributed by atoms with E-state index in [1.165, 1.54) is 0 Å². The zero-order chi connectivity index (χ0) is 13.6. The SMILES string of the molecule is Cc1nn(C)c(N2CCc3[nH]ncc3C2)c1[N+](=O)[O-]. The summed E-state index contributed by atoms with van der Waals surface area (Å²) in [6, 6.07) is 0. The average molecular weight is 262 g/mol. The minimum Gasteiger partial charge on any atom is -0.346 e. The van der Waals surface area contributed by atoms with Gasteiger partial charge < -0.3 is 4.90 Å². The highest BCUT2D eigenvalue weighted by Gasteiger charge is 2.30. The molecule has 2 aromatic rings. The summed E-state index contributed by atoms with van der Waals surface area (Å²) in [6.45, 7) is 3.00. The van der Waals surface area contributed by atoms with E-state index in [1.54, 1.807) is 24.9 Å². The lowest BCUT2D eigenvalue weighted by molar-refractivity contribution is -0.384. The van der Waals surface area contributed by atoms with Crippen molar-refractivity contribution in [3.05, 3.63) is 33.3 Å². The van der Waals surface area contributed by atoms with Crippen LogP contribution in [-0.4, -0.2) is 31.4 Å². The fraction of sp³-hybridized carbons (Fsp3) is 0.455. The van der Waals surface area contributed by atoms with Crippen molar-refractivity contribution in [3.63, 3.8) is 0 Å². The lowest BCUT2D eigenvalue weighted by atomic mass is 10.1. The number of aromatic amines is 1. The van der Waals surface area contributed by atoms with Crippen LogP contribution in [0.3, 0.4) is 0 Å². The molecule has 0 spiro atoms. The lowest BCUT2D eigenvalue weighted by Crippen LogP contribution is -2.32. The smallest absolute Gasteiger partial charge is 0.333 e. The first kappa shape index (κ1) is 11.7. The predicted molar refractivity (Wildman–Crippen MR) is 67.9 cm³/mol. The van der Waals surface area contributed by atoms with Crippen LogP contribution in [0.4, 0.5) is 11.5 Å². The van der Waals surface area contributed by atoms with Gasteiger partial charge in [-0.05, 0) is 6.92 Å². The van der Waals surface area contributed by atoms with Crippen molar-refractivity contribution in [2.45, 2.75) is 19.9 Å². The van der Waals surface area contributed by atoms with Gasteiger partial charge in [0.05, 0.1) is 11.1 Å². The molecule has 8 heteroatoms. The first-order valence-corrected chi connectivity index (χ1v) is 6.02. The van der Waals surface area contributed by atoms with Crippen LogP contribution in [-0.2, 0) is 20.0 Å². The Labute approximate surface area is 109 Å². The van der Waals surface area contributed by atoms with Crippen LogP contribution >= 0.6 is 0 Å². The third-order valence-electron chi connectivity index (χ3n) is 3.44. The Morgan fingerprint density at radius 2 is 2.32 bits per heavy atom. The van der Waals surface area contributed by atoms with Crippen molar-refractivity contribution in [2.75, 3.05) is 11.4 Å². The molecule has 2 aromatic heterocycles. The van der Waals surface area contributed by atoms with Gasteiger partial charge in [-0.25, -0.2) is 4.68 Å². The molecule has 0 fully saturated rings. The molecule has 100 valence electrons. The van der Waals surface area contributed by atoms with Gasteiger partial charge in [0, 0.05) is 37.8 Å². The Morgan fingerprint density at radius 1 is 1.53 bits per heavy atom. The maximum Gasteiger partial charge on any atom is 0.333 e. The van der Waals surface area contributed by atoms with E-state index in [0.29, 0.717) is 18.1 Å². The summed E-state index contributed by atoms with van der Waals surface area (Å²) in [7, 11) is 1.74. The van der Waals surface area contributed by atoms with Gasteiger partial charge in [-0.3, -0.25) is 15.2 Å². The molecular weight excluding hydrogens is 248 g/mol. The number of nitrogens with one attached hydrogen (secondary N) is 1. The fourth-order valence-corrected chi connectivity index (χ4v) is 2.61. The standard InChI is InChI=1S/C11H14N6O2/c1-7-10(17(18)19)11(15(2)14-7)16-4-3-9-8(6-16)5-12-13-9/h5H,3-4,6H2,1-2H3,(H,12,13). The highest BCUT2D eigenvalue weighted by atomic mass is 16.6. The van der Waals surface area contributed by atoms with Gasteiger partial charge in [0.1, 0.15) is 5.69 Å². The van der Waals surface area contributed by atoms with Gasteiger partial charge in [-0.2, -0.15) is 10.2 Å². The van der Waals surface area contributed by atoms with E-state index >= 15 is 0 Å². The minimum atomic E-state index is -0.359. The molecule has 1 N–H and O–H groups in total. The summed E-state index contributed by atoms with van der Waals surface area (Å²) in [5.41, 5.74) is 2.73. The number of aryl methyl sites for hydroxylation is 2. The monoisotopic (exact) mass is 262 g/mol. The molecule has 3 heterocycles. The van der Waals surface area contributed by atoms with E-state index in [2.05, 4.69) is 15.3 Å². The van der Waals surface area contributed by atoms with Gasteiger partial charge in [0.25, 0.3) is 0 Å². The van der Waals surface area contributed by atoms with Crippen molar-refractivity contribution < 1.29 is 4.92 Å². The second kappa shape index (κ2) is 4.08. The van der Waals surface area contributed by atoms with Crippen molar-refractivity contribution in [1.29, 1.82) is 0 Å². The molecule has 0 saturated carbocycles. The molecule has 0 aromatic carbocycles. The topological polar surface area (TPSA) is 92.9 Å². The zero-order valence-corrected chi connectivity index (χ0v) is 10.8. The van der Waals surface area contributed by atoms with E-state index in [1.807, 2.05) is 4.90 Å². The molecule has 0 radical (unpaired) electrons. The Kier molecular flexibility index (Phi) is 2.51. The molecule has 0 aliphatic carbocycles. The summed E-state index contributed by atoms with van der Waals surface area (Å²) in [5.74, 6) is 0.564. The number of fused-ring (bicyclic) bond motifs is 1. The quantitative estimate of drug-likeness (QED) is 0.641.